The van der Waals surface area contributed by atoms with Crippen LogP contribution >= 0.6 is 0 Å². The van der Waals surface area contributed by atoms with Crippen molar-refractivity contribution in [3.8, 4) is 0 Å². The monoisotopic (exact) mass is 185 g/mol. The second kappa shape index (κ2) is 17.5. The molecule has 0 heterocycles. The fourth-order valence-electron chi connectivity index (χ4n) is 0.696. The molecule has 1 nitrogen and oxygen atoms in total. The summed E-state index contributed by atoms with van der Waals surface area (Å²) in [6.45, 7) is 14.3. The maximum absolute atomic E-state index is 4.11. The summed E-state index contributed by atoms with van der Waals surface area (Å²) in [5.41, 5.74) is 1.16. The third kappa shape index (κ3) is 14.3. The molecule has 0 bridgehead atoms. The van der Waals surface area contributed by atoms with Crippen LogP contribution in [0, 0.1) is 5.92 Å². The van der Waals surface area contributed by atoms with Crippen molar-refractivity contribution >= 4 is 5.71 Å². The molecule has 0 spiro atoms. The zero-order valence-corrected chi connectivity index (χ0v) is 10.7. The first kappa shape index (κ1) is 18.2. The maximum Gasteiger partial charge on any atom is 0.0366 e. The Bertz CT molecular complexity index is 121. The highest BCUT2D eigenvalue weighted by molar-refractivity contribution is 5.96. The molecule has 0 fully saturated rings. The molecule has 13 heavy (non-hydrogen) atoms. The molecule has 0 radical (unpaired) electrons. The first-order chi connectivity index (χ1) is 6.22. The summed E-state index contributed by atoms with van der Waals surface area (Å²) in [5, 5.41) is 0. The van der Waals surface area contributed by atoms with E-state index in [4.69, 9.17) is 0 Å². The molecule has 0 saturated carbocycles. The molecule has 0 atom stereocenters. The van der Waals surface area contributed by atoms with E-state index in [0.717, 1.165) is 5.71 Å². The number of rotatable bonds is 2. The summed E-state index contributed by atoms with van der Waals surface area (Å²) in [6.07, 6.45) is 4.06. The molecule has 80 valence electrons. The Labute approximate surface area is 85.0 Å². The summed E-state index contributed by atoms with van der Waals surface area (Å²) >= 11 is 0. The summed E-state index contributed by atoms with van der Waals surface area (Å²) in [6, 6.07) is 0. The SMILES string of the molecule is C/C=C\C(=NC)C(C)C.CC.CC. The molecule has 0 aliphatic heterocycles. The standard InChI is InChI=1S/C8H15N.2C2H6/c1-5-6-8(9-4)7(2)3;2*1-2/h5-7H,1-4H3;2*1-2H3/b6-5-,9-8?;;. The van der Waals surface area contributed by atoms with Gasteiger partial charge in [-0.25, -0.2) is 0 Å². The molecule has 0 aromatic heterocycles. The van der Waals surface area contributed by atoms with Crippen LogP contribution in [0.4, 0.5) is 0 Å². The highest BCUT2D eigenvalue weighted by Gasteiger charge is 1.96. The molecule has 0 saturated heterocycles. The van der Waals surface area contributed by atoms with Gasteiger partial charge in [0.15, 0.2) is 0 Å². The van der Waals surface area contributed by atoms with E-state index < -0.39 is 0 Å². The van der Waals surface area contributed by atoms with Crippen LogP contribution in [0.2, 0.25) is 0 Å². The Kier molecular flexibility index (Phi) is 24.5. The molecule has 0 amide bonds. The first-order valence-corrected chi connectivity index (χ1v) is 5.31. The highest BCUT2D eigenvalue weighted by atomic mass is 14.7. The number of hydrogen-bond acceptors (Lipinski definition) is 1. The van der Waals surface area contributed by atoms with Crippen LogP contribution in [0.15, 0.2) is 17.1 Å². The Hall–Kier alpha value is -0.590. The van der Waals surface area contributed by atoms with Crippen LogP contribution in [0.3, 0.4) is 0 Å². The van der Waals surface area contributed by atoms with Crippen molar-refractivity contribution in [1.29, 1.82) is 0 Å². The smallest absolute Gasteiger partial charge is 0.0366 e. The Morgan fingerprint density at radius 3 is 1.54 bits per heavy atom. The third-order valence-electron chi connectivity index (χ3n) is 1.19. The second-order valence-electron chi connectivity index (χ2n) is 2.30. The average molecular weight is 185 g/mol. The van der Waals surface area contributed by atoms with Crippen molar-refractivity contribution < 1.29 is 0 Å². The molecule has 0 N–H and O–H groups in total. The van der Waals surface area contributed by atoms with Gasteiger partial charge in [-0.15, -0.1) is 0 Å². The largest absolute Gasteiger partial charge is 0.293 e. The van der Waals surface area contributed by atoms with Crippen LogP contribution < -0.4 is 0 Å². The van der Waals surface area contributed by atoms with Gasteiger partial charge < -0.3 is 0 Å². The van der Waals surface area contributed by atoms with Crippen LogP contribution in [-0.4, -0.2) is 12.8 Å². The van der Waals surface area contributed by atoms with Crippen molar-refractivity contribution in [3.63, 3.8) is 0 Å². The van der Waals surface area contributed by atoms with E-state index in [9.17, 15) is 0 Å². The van der Waals surface area contributed by atoms with E-state index in [1.165, 1.54) is 0 Å². The predicted octanol–water partition coefficient (Wildman–Crippen LogP) is 4.34. The Morgan fingerprint density at radius 1 is 1.08 bits per heavy atom. The van der Waals surface area contributed by atoms with Crippen molar-refractivity contribution in [2.24, 2.45) is 10.9 Å². The summed E-state index contributed by atoms with van der Waals surface area (Å²) in [7, 11) is 1.83. The minimum atomic E-state index is 0.547. The van der Waals surface area contributed by atoms with Gasteiger partial charge in [0, 0.05) is 12.8 Å². The zero-order chi connectivity index (χ0) is 11.3. The number of hydrogen-bond donors (Lipinski definition) is 0. The van der Waals surface area contributed by atoms with Gasteiger partial charge in [-0.1, -0.05) is 47.6 Å². The van der Waals surface area contributed by atoms with Crippen molar-refractivity contribution in [2.75, 3.05) is 7.05 Å². The minimum absolute atomic E-state index is 0.547. The second-order valence-corrected chi connectivity index (χ2v) is 2.30. The number of allylic oxidation sites excluding steroid dienone is 2. The number of aliphatic imine (C=N–C) groups is 1. The number of nitrogens with zero attached hydrogens (tertiary/aromatic N) is 1. The van der Waals surface area contributed by atoms with Crippen LogP contribution in [0.1, 0.15) is 48.5 Å². The Morgan fingerprint density at radius 2 is 1.46 bits per heavy atom. The summed E-state index contributed by atoms with van der Waals surface area (Å²) in [4.78, 5) is 4.11. The molecular formula is C12H27N. The fourth-order valence-corrected chi connectivity index (χ4v) is 0.696. The van der Waals surface area contributed by atoms with E-state index in [0.29, 0.717) is 5.92 Å². The van der Waals surface area contributed by atoms with Gasteiger partial charge in [0.25, 0.3) is 0 Å². The third-order valence-corrected chi connectivity index (χ3v) is 1.19. The van der Waals surface area contributed by atoms with Gasteiger partial charge in [-0.2, -0.15) is 0 Å². The molecule has 0 aromatic carbocycles. The van der Waals surface area contributed by atoms with Gasteiger partial charge in [-0.05, 0) is 18.9 Å². The first-order valence-electron chi connectivity index (χ1n) is 5.31. The molecular weight excluding hydrogens is 158 g/mol. The van der Waals surface area contributed by atoms with E-state index in [1.807, 2.05) is 53.8 Å². The normalized spacial score (nSPS) is 10.4. The molecule has 0 rings (SSSR count). The lowest BCUT2D eigenvalue weighted by atomic mass is 10.1. The quantitative estimate of drug-likeness (QED) is 0.567. The molecule has 0 aromatic rings. The predicted molar refractivity (Wildman–Crippen MR) is 65.7 cm³/mol. The lowest BCUT2D eigenvalue weighted by Gasteiger charge is -2.01. The lowest BCUT2D eigenvalue weighted by Crippen LogP contribution is -2.02. The van der Waals surface area contributed by atoms with Gasteiger partial charge in [0.05, 0.1) is 0 Å². The van der Waals surface area contributed by atoms with Gasteiger partial charge in [-0.3, -0.25) is 4.99 Å². The van der Waals surface area contributed by atoms with Crippen molar-refractivity contribution in [2.45, 2.75) is 48.5 Å². The fraction of sp³-hybridized carbons (Fsp3) is 0.750. The van der Waals surface area contributed by atoms with E-state index in [1.54, 1.807) is 0 Å². The van der Waals surface area contributed by atoms with Gasteiger partial charge in [0.2, 0.25) is 0 Å². The van der Waals surface area contributed by atoms with Gasteiger partial charge >= 0.3 is 0 Å². The average Bonchev–Trinajstić information content (AvgIpc) is 2.20. The minimum Gasteiger partial charge on any atom is -0.293 e. The molecule has 0 aliphatic carbocycles. The summed E-state index contributed by atoms with van der Waals surface area (Å²) < 4.78 is 0. The lowest BCUT2D eigenvalue weighted by molar-refractivity contribution is 0.886. The topological polar surface area (TPSA) is 12.4 Å². The molecule has 1 heteroatoms. The van der Waals surface area contributed by atoms with E-state index in [-0.39, 0.29) is 0 Å². The van der Waals surface area contributed by atoms with Crippen LogP contribution in [0.5, 0.6) is 0 Å². The Balaban J connectivity index is -0.000000218. The summed E-state index contributed by atoms with van der Waals surface area (Å²) in [5.74, 6) is 0.547. The maximum atomic E-state index is 4.11. The molecule has 0 aliphatic rings. The van der Waals surface area contributed by atoms with Crippen LogP contribution in [-0.2, 0) is 0 Å². The van der Waals surface area contributed by atoms with Crippen molar-refractivity contribution in [3.05, 3.63) is 12.2 Å². The van der Waals surface area contributed by atoms with Crippen molar-refractivity contribution in [1.82, 2.24) is 0 Å². The molecule has 0 unspecified atom stereocenters. The van der Waals surface area contributed by atoms with Gasteiger partial charge in [0.1, 0.15) is 0 Å². The van der Waals surface area contributed by atoms with E-state index in [2.05, 4.69) is 18.8 Å². The zero-order valence-electron chi connectivity index (χ0n) is 10.7. The highest BCUT2D eigenvalue weighted by Crippen LogP contribution is 1.97. The van der Waals surface area contributed by atoms with Crippen LogP contribution in [0.25, 0.3) is 0 Å². The van der Waals surface area contributed by atoms with E-state index >= 15 is 0 Å².